The Morgan fingerprint density at radius 3 is 2.93 bits per heavy atom. The van der Waals surface area contributed by atoms with Gasteiger partial charge in [0.15, 0.2) is 11.5 Å². The zero-order valence-corrected chi connectivity index (χ0v) is 17.5. The molecule has 3 aromatic rings. The number of nitrogens with one attached hydrogen (secondary N) is 2. The van der Waals surface area contributed by atoms with E-state index < -0.39 is 0 Å². The van der Waals surface area contributed by atoms with Gasteiger partial charge in [0.2, 0.25) is 0 Å². The van der Waals surface area contributed by atoms with Gasteiger partial charge in [0.05, 0.1) is 11.9 Å². The molecule has 0 aliphatic carbocycles. The second-order valence-electron chi connectivity index (χ2n) is 8.60. The van der Waals surface area contributed by atoms with Crippen LogP contribution < -0.4 is 20.4 Å². The Morgan fingerprint density at radius 2 is 2.10 bits per heavy atom. The summed E-state index contributed by atoms with van der Waals surface area (Å²) in [6.45, 7) is 9.75. The largest absolute Gasteiger partial charge is 0.368 e. The third kappa shape index (κ3) is 3.35. The molecule has 3 aromatic heterocycles. The van der Waals surface area contributed by atoms with Gasteiger partial charge in [0.1, 0.15) is 5.82 Å². The maximum absolute atomic E-state index is 13.0. The Morgan fingerprint density at radius 1 is 1.23 bits per heavy atom. The number of imidazole rings is 1. The number of amides is 2. The monoisotopic (exact) mass is 406 g/mol. The van der Waals surface area contributed by atoms with Crippen molar-refractivity contribution >= 4 is 29.0 Å². The lowest BCUT2D eigenvalue weighted by Crippen LogP contribution is -2.57. The fraction of sp³-hybridized carbons (Fsp3) is 0.429. The van der Waals surface area contributed by atoms with Gasteiger partial charge in [-0.05, 0) is 45.4 Å². The molecule has 156 valence electrons. The molecule has 5 rings (SSSR count). The van der Waals surface area contributed by atoms with Crippen molar-refractivity contribution in [1.82, 2.24) is 24.9 Å². The Labute approximate surface area is 175 Å². The van der Waals surface area contributed by atoms with Crippen LogP contribution in [0, 0.1) is 6.92 Å². The van der Waals surface area contributed by atoms with E-state index in [-0.39, 0.29) is 11.6 Å². The fourth-order valence-electron chi connectivity index (χ4n) is 4.36. The number of hydrogen-bond donors (Lipinski definition) is 2. The van der Waals surface area contributed by atoms with Gasteiger partial charge in [-0.15, -0.1) is 5.10 Å². The first-order valence-corrected chi connectivity index (χ1v) is 10.3. The molecular weight excluding hydrogens is 380 g/mol. The van der Waals surface area contributed by atoms with Gasteiger partial charge < -0.3 is 10.2 Å². The van der Waals surface area contributed by atoms with E-state index in [4.69, 9.17) is 0 Å². The number of rotatable bonds is 2. The van der Waals surface area contributed by atoms with Crippen molar-refractivity contribution in [3.05, 3.63) is 41.9 Å². The van der Waals surface area contributed by atoms with Crippen LogP contribution in [0.3, 0.4) is 0 Å². The van der Waals surface area contributed by atoms with Gasteiger partial charge in [-0.3, -0.25) is 10.2 Å². The summed E-state index contributed by atoms with van der Waals surface area (Å²) in [6.07, 6.45) is 4.43. The van der Waals surface area contributed by atoms with Crippen LogP contribution in [0.5, 0.6) is 0 Å². The van der Waals surface area contributed by atoms with E-state index in [0.29, 0.717) is 12.4 Å². The van der Waals surface area contributed by atoms with Gasteiger partial charge >= 0.3 is 6.03 Å². The minimum absolute atomic E-state index is 0.0556. The van der Waals surface area contributed by atoms with Crippen LogP contribution >= 0.6 is 0 Å². The summed E-state index contributed by atoms with van der Waals surface area (Å²) in [4.78, 5) is 26.0. The Hall–Kier alpha value is -3.20. The minimum Gasteiger partial charge on any atom is -0.368 e. The third-order valence-electron chi connectivity index (χ3n) is 5.68. The van der Waals surface area contributed by atoms with E-state index >= 15 is 0 Å². The molecule has 0 aromatic carbocycles. The molecule has 2 N–H and O–H groups in total. The molecule has 0 spiro atoms. The quantitative estimate of drug-likeness (QED) is 0.678. The predicted molar refractivity (Wildman–Crippen MR) is 116 cm³/mol. The third-order valence-corrected chi connectivity index (χ3v) is 5.68. The Bertz CT molecular complexity index is 1120. The molecule has 0 bridgehead atoms. The summed E-state index contributed by atoms with van der Waals surface area (Å²) in [7, 11) is 0. The number of hydrogen-bond acceptors (Lipinski definition) is 6. The first kappa shape index (κ1) is 18.8. The van der Waals surface area contributed by atoms with Crippen molar-refractivity contribution in [1.29, 1.82) is 0 Å². The van der Waals surface area contributed by atoms with Crippen molar-refractivity contribution in [2.45, 2.75) is 32.7 Å². The molecule has 30 heavy (non-hydrogen) atoms. The molecule has 2 amide bonds. The Balaban J connectivity index is 1.38. The van der Waals surface area contributed by atoms with Crippen molar-refractivity contribution in [2.24, 2.45) is 0 Å². The summed E-state index contributed by atoms with van der Waals surface area (Å²) in [5.41, 5.74) is 4.01. The number of carbonyl (C=O) groups excluding carboxylic acids is 1. The number of nitrogens with zero attached hydrogens (tertiary/aromatic N) is 6. The highest BCUT2D eigenvalue weighted by Gasteiger charge is 2.32. The summed E-state index contributed by atoms with van der Waals surface area (Å²) < 4.78 is 1.67. The van der Waals surface area contributed by atoms with Gasteiger partial charge in [-0.2, -0.15) is 0 Å². The van der Waals surface area contributed by atoms with Crippen molar-refractivity contribution in [3.63, 3.8) is 0 Å². The lowest BCUT2D eigenvalue weighted by Gasteiger charge is -2.41. The van der Waals surface area contributed by atoms with Crippen LogP contribution in [0.25, 0.3) is 5.65 Å². The maximum atomic E-state index is 13.0. The normalized spacial score (nSPS) is 18.0. The molecular formula is C21H26N8O. The zero-order chi connectivity index (χ0) is 20.9. The van der Waals surface area contributed by atoms with Crippen LogP contribution in [0.15, 0.2) is 30.6 Å². The van der Waals surface area contributed by atoms with Gasteiger partial charge in [-0.25, -0.2) is 19.3 Å². The van der Waals surface area contributed by atoms with Crippen LogP contribution in [-0.4, -0.2) is 57.3 Å². The summed E-state index contributed by atoms with van der Waals surface area (Å²) in [5.74, 6) is 1.22. The maximum Gasteiger partial charge on any atom is 0.328 e. The first-order valence-electron chi connectivity index (χ1n) is 10.3. The van der Waals surface area contributed by atoms with Crippen molar-refractivity contribution < 1.29 is 4.79 Å². The van der Waals surface area contributed by atoms with Crippen molar-refractivity contribution in [3.8, 4) is 0 Å². The summed E-state index contributed by atoms with van der Waals surface area (Å²) in [5, 5.41) is 10.9. The van der Waals surface area contributed by atoms with E-state index in [2.05, 4.69) is 50.5 Å². The van der Waals surface area contributed by atoms with Crippen molar-refractivity contribution in [2.75, 3.05) is 41.3 Å². The lowest BCUT2D eigenvalue weighted by molar-refractivity contribution is 0.257. The van der Waals surface area contributed by atoms with Gasteiger partial charge in [0.25, 0.3) is 0 Å². The number of urea groups is 1. The molecule has 0 radical (unpaired) electrons. The zero-order valence-electron chi connectivity index (χ0n) is 17.5. The highest BCUT2D eigenvalue weighted by molar-refractivity contribution is 6.02. The highest BCUT2D eigenvalue weighted by Crippen LogP contribution is 2.35. The smallest absolute Gasteiger partial charge is 0.328 e. The first-order chi connectivity index (χ1) is 14.4. The minimum atomic E-state index is -0.220. The summed E-state index contributed by atoms with van der Waals surface area (Å²) in [6, 6.07) is 5.46. The molecule has 2 aliphatic rings. The fourth-order valence-corrected chi connectivity index (χ4v) is 4.36. The molecule has 0 atom stereocenters. The molecule has 2 aliphatic heterocycles. The molecule has 0 unspecified atom stereocenters. The standard InChI is InChI=1S/C21H26N8O/c1-14-12-29-18(24-14)5-4-17(26-29)25-20(30)28-10-7-15-16(6-8-22-19(15)28)27-11-9-23-21(2,3)13-27/h4-6,8,12,23H,7,9-11,13H2,1-3H3,(H,25,26,30). The van der Waals surface area contributed by atoms with E-state index in [0.717, 1.165) is 48.8 Å². The van der Waals surface area contributed by atoms with Crippen LogP contribution in [0.2, 0.25) is 0 Å². The van der Waals surface area contributed by atoms with E-state index in [1.165, 1.54) is 5.69 Å². The average Bonchev–Trinajstić information content (AvgIpc) is 3.29. The van der Waals surface area contributed by atoms with Crippen LogP contribution in [0.1, 0.15) is 25.1 Å². The molecule has 9 nitrogen and oxygen atoms in total. The van der Waals surface area contributed by atoms with Gasteiger partial charge in [-0.1, -0.05) is 0 Å². The number of piperazine rings is 1. The number of carbonyl (C=O) groups is 1. The average molecular weight is 406 g/mol. The predicted octanol–water partition coefficient (Wildman–Crippen LogP) is 2.22. The summed E-state index contributed by atoms with van der Waals surface area (Å²) >= 11 is 0. The topological polar surface area (TPSA) is 90.7 Å². The number of fused-ring (bicyclic) bond motifs is 2. The second kappa shape index (κ2) is 6.94. The lowest BCUT2D eigenvalue weighted by atomic mass is 10.0. The van der Waals surface area contributed by atoms with Gasteiger partial charge in [0, 0.05) is 49.2 Å². The van der Waals surface area contributed by atoms with Crippen LogP contribution in [-0.2, 0) is 6.42 Å². The number of anilines is 3. The number of aromatic nitrogens is 4. The number of aryl methyl sites for hydroxylation is 1. The SMILES string of the molecule is Cc1cn2nc(NC(=O)N3CCc4c(N5CCNC(C)(C)C5)ccnc43)ccc2n1. The highest BCUT2D eigenvalue weighted by atomic mass is 16.2. The van der Waals surface area contributed by atoms with E-state index in [9.17, 15) is 4.79 Å². The second-order valence-corrected chi connectivity index (χ2v) is 8.60. The van der Waals surface area contributed by atoms with E-state index in [1.54, 1.807) is 21.7 Å². The Kier molecular flexibility index (Phi) is 4.35. The molecule has 5 heterocycles. The molecule has 0 saturated carbocycles. The van der Waals surface area contributed by atoms with Crippen LogP contribution in [0.4, 0.5) is 22.1 Å². The molecule has 1 fully saturated rings. The van der Waals surface area contributed by atoms with E-state index in [1.807, 2.05) is 19.2 Å². The molecule has 9 heteroatoms. The molecule has 1 saturated heterocycles. The number of pyridine rings is 1.